The van der Waals surface area contributed by atoms with E-state index in [1.165, 1.54) is 81.8 Å². The summed E-state index contributed by atoms with van der Waals surface area (Å²) in [5.41, 5.74) is 4.95. The number of hydrogen-bond acceptors (Lipinski definition) is 0. The van der Waals surface area contributed by atoms with Crippen molar-refractivity contribution < 1.29 is 8.78 Å². The smallest absolute Gasteiger partial charge is 0.129 e. The van der Waals surface area contributed by atoms with Crippen LogP contribution in [0.4, 0.5) is 8.78 Å². The van der Waals surface area contributed by atoms with Crippen molar-refractivity contribution in [3.8, 4) is 0 Å². The van der Waals surface area contributed by atoms with Crippen LogP contribution in [0.2, 0.25) is 5.02 Å². The van der Waals surface area contributed by atoms with E-state index in [1.54, 1.807) is 12.1 Å². The first-order valence-corrected chi connectivity index (χ1v) is 15.7. The molecule has 0 atom stereocenters. The highest BCUT2D eigenvalue weighted by atomic mass is 35.5. The van der Waals surface area contributed by atoms with Crippen molar-refractivity contribution in [3.63, 3.8) is 0 Å². The Hall–Kier alpha value is -2.19. The minimum atomic E-state index is -0.410. The zero-order valence-corrected chi connectivity index (χ0v) is 24.4. The second-order valence-corrected chi connectivity index (χ2v) is 12.2. The number of unbranched alkanes of at least 4 members (excludes halogenated alkanes) is 3. The van der Waals surface area contributed by atoms with Crippen LogP contribution in [0, 0.1) is 23.5 Å². The summed E-state index contributed by atoms with van der Waals surface area (Å²) in [4.78, 5) is 0. The molecule has 39 heavy (non-hydrogen) atoms. The van der Waals surface area contributed by atoms with Crippen LogP contribution in [-0.4, -0.2) is 0 Å². The summed E-state index contributed by atoms with van der Waals surface area (Å²) in [5, 5.41) is 0.669. The molecule has 0 bridgehead atoms. The molecule has 0 saturated heterocycles. The Kier molecular flexibility index (Phi) is 11.9. The molecule has 3 aromatic carbocycles. The SMILES string of the molecule is CCCCCCc1ccc(CC[C@H]2CC[C@H](CCc3cc(F)c(CCc4ccc(Cl)cc4)c(F)c3)CC2)cc1. The van der Waals surface area contributed by atoms with E-state index in [2.05, 4.69) is 31.2 Å². The number of rotatable bonds is 14. The zero-order valence-electron chi connectivity index (χ0n) is 23.7. The summed E-state index contributed by atoms with van der Waals surface area (Å²) in [6.45, 7) is 2.26. The van der Waals surface area contributed by atoms with Gasteiger partial charge in [0.1, 0.15) is 11.6 Å². The van der Waals surface area contributed by atoms with Crippen LogP contribution in [0.25, 0.3) is 0 Å². The van der Waals surface area contributed by atoms with Crippen molar-refractivity contribution in [1.82, 2.24) is 0 Å². The van der Waals surface area contributed by atoms with Crippen molar-refractivity contribution in [1.29, 1.82) is 0 Å². The maximum Gasteiger partial charge on any atom is 0.129 e. The Morgan fingerprint density at radius 3 is 1.64 bits per heavy atom. The van der Waals surface area contributed by atoms with E-state index < -0.39 is 11.6 Å². The van der Waals surface area contributed by atoms with Gasteiger partial charge >= 0.3 is 0 Å². The van der Waals surface area contributed by atoms with E-state index in [0.29, 0.717) is 23.8 Å². The van der Waals surface area contributed by atoms with Gasteiger partial charge in [0.05, 0.1) is 0 Å². The van der Waals surface area contributed by atoms with Crippen molar-refractivity contribution in [2.24, 2.45) is 11.8 Å². The fourth-order valence-corrected chi connectivity index (χ4v) is 6.26. The minimum Gasteiger partial charge on any atom is -0.207 e. The number of aryl methyl sites for hydroxylation is 4. The number of benzene rings is 3. The third-order valence-electron chi connectivity index (χ3n) is 8.77. The Labute approximate surface area is 240 Å². The molecule has 3 heteroatoms. The molecule has 0 amide bonds. The molecule has 1 saturated carbocycles. The maximum absolute atomic E-state index is 14.8. The molecule has 3 aromatic rings. The molecule has 1 aliphatic rings. The van der Waals surface area contributed by atoms with Gasteiger partial charge in [0, 0.05) is 10.6 Å². The van der Waals surface area contributed by atoms with Gasteiger partial charge in [-0.15, -0.1) is 0 Å². The van der Waals surface area contributed by atoms with Gasteiger partial charge in [-0.3, -0.25) is 0 Å². The van der Waals surface area contributed by atoms with Crippen LogP contribution in [0.3, 0.4) is 0 Å². The average molecular weight is 551 g/mol. The summed E-state index contributed by atoms with van der Waals surface area (Å²) in [5.74, 6) is 0.660. The lowest BCUT2D eigenvalue weighted by Gasteiger charge is -2.28. The highest BCUT2D eigenvalue weighted by molar-refractivity contribution is 6.30. The molecule has 0 aliphatic heterocycles. The fourth-order valence-electron chi connectivity index (χ4n) is 6.14. The molecule has 210 valence electrons. The third kappa shape index (κ3) is 9.75. The summed E-state index contributed by atoms with van der Waals surface area (Å²) >= 11 is 5.93. The lowest BCUT2D eigenvalue weighted by Crippen LogP contribution is -2.16. The molecule has 1 fully saturated rings. The van der Waals surface area contributed by atoms with Gasteiger partial charge in [0.15, 0.2) is 0 Å². The molecule has 0 heterocycles. The highest BCUT2D eigenvalue weighted by Gasteiger charge is 2.21. The first kappa shape index (κ1) is 29.8. The molecular weight excluding hydrogens is 506 g/mol. The Bertz CT molecular complexity index is 1100. The monoisotopic (exact) mass is 550 g/mol. The molecular formula is C36H45ClF2. The Morgan fingerprint density at radius 2 is 1.08 bits per heavy atom. The van der Waals surface area contributed by atoms with Gasteiger partial charge in [-0.25, -0.2) is 8.78 Å². The van der Waals surface area contributed by atoms with E-state index in [1.807, 2.05) is 24.3 Å². The maximum atomic E-state index is 14.8. The van der Waals surface area contributed by atoms with Crippen LogP contribution in [0.15, 0.2) is 60.7 Å². The van der Waals surface area contributed by atoms with Crippen LogP contribution in [0.1, 0.15) is 98.9 Å². The topological polar surface area (TPSA) is 0 Å². The van der Waals surface area contributed by atoms with Gasteiger partial charge in [-0.2, -0.15) is 0 Å². The minimum absolute atomic E-state index is 0.191. The summed E-state index contributed by atoms with van der Waals surface area (Å²) in [6.07, 6.45) is 16.7. The van der Waals surface area contributed by atoms with E-state index in [0.717, 1.165) is 29.9 Å². The van der Waals surface area contributed by atoms with E-state index in [9.17, 15) is 8.78 Å². The van der Waals surface area contributed by atoms with Gasteiger partial charge in [-0.1, -0.05) is 99.9 Å². The second kappa shape index (κ2) is 15.6. The molecule has 0 aromatic heterocycles. The van der Waals surface area contributed by atoms with Gasteiger partial charge in [-0.05, 0) is 110 Å². The second-order valence-electron chi connectivity index (χ2n) is 11.8. The zero-order chi connectivity index (χ0) is 27.5. The van der Waals surface area contributed by atoms with Crippen LogP contribution in [-0.2, 0) is 32.1 Å². The van der Waals surface area contributed by atoms with Crippen molar-refractivity contribution in [2.45, 2.75) is 103 Å². The van der Waals surface area contributed by atoms with Gasteiger partial charge in [0.2, 0.25) is 0 Å². The normalized spacial score (nSPS) is 17.4. The van der Waals surface area contributed by atoms with Crippen molar-refractivity contribution in [2.75, 3.05) is 0 Å². The largest absolute Gasteiger partial charge is 0.207 e. The molecule has 4 rings (SSSR count). The average Bonchev–Trinajstić information content (AvgIpc) is 2.95. The summed E-state index contributed by atoms with van der Waals surface area (Å²) in [7, 11) is 0. The summed E-state index contributed by atoms with van der Waals surface area (Å²) < 4.78 is 29.5. The van der Waals surface area contributed by atoms with Crippen LogP contribution in [0.5, 0.6) is 0 Å². The highest BCUT2D eigenvalue weighted by Crippen LogP contribution is 2.34. The standard InChI is InChI=1S/C36H45ClF2/c1-2-3-4-5-6-27-7-9-28(10-8-27)11-12-29-13-15-30(16-14-29)17-18-32-25-35(38)34(36(39)26-32)24-21-31-19-22-33(37)23-20-31/h7-10,19-20,22-23,25-26,29-30H,2-6,11-18,21,24H2,1H3/t29-,30-. The predicted octanol–water partition coefficient (Wildman–Crippen LogP) is 10.9. The molecule has 0 N–H and O–H groups in total. The molecule has 0 radical (unpaired) electrons. The van der Waals surface area contributed by atoms with E-state index >= 15 is 0 Å². The lowest BCUT2D eigenvalue weighted by molar-refractivity contribution is 0.253. The van der Waals surface area contributed by atoms with E-state index in [4.69, 9.17) is 11.6 Å². The van der Waals surface area contributed by atoms with Crippen LogP contribution < -0.4 is 0 Å². The lowest BCUT2D eigenvalue weighted by atomic mass is 9.77. The Morgan fingerprint density at radius 1 is 0.590 bits per heavy atom. The molecule has 0 nitrogen and oxygen atoms in total. The first-order valence-electron chi connectivity index (χ1n) is 15.3. The molecule has 0 spiro atoms. The number of hydrogen-bond donors (Lipinski definition) is 0. The Balaban J connectivity index is 1.15. The first-order chi connectivity index (χ1) is 19.0. The molecule has 1 aliphatic carbocycles. The summed E-state index contributed by atoms with van der Waals surface area (Å²) in [6, 6.07) is 19.9. The predicted molar refractivity (Wildman–Crippen MR) is 162 cm³/mol. The van der Waals surface area contributed by atoms with E-state index in [-0.39, 0.29) is 5.56 Å². The third-order valence-corrected chi connectivity index (χ3v) is 9.02. The van der Waals surface area contributed by atoms with Gasteiger partial charge < -0.3 is 0 Å². The van der Waals surface area contributed by atoms with Gasteiger partial charge in [0.25, 0.3) is 0 Å². The fraction of sp³-hybridized carbons (Fsp3) is 0.500. The number of halogens is 3. The van der Waals surface area contributed by atoms with Crippen LogP contribution >= 0.6 is 11.6 Å². The quantitative estimate of drug-likeness (QED) is 0.175. The van der Waals surface area contributed by atoms with Crippen molar-refractivity contribution >= 4 is 11.6 Å². The molecule has 0 unspecified atom stereocenters. The van der Waals surface area contributed by atoms with Crippen molar-refractivity contribution in [3.05, 3.63) is 105 Å².